The molecule has 5 atom stereocenters. The Hall–Kier alpha value is -5.22. The smallest absolute Gasteiger partial charge is 0.322 e. The van der Waals surface area contributed by atoms with E-state index in [4.69, 9.17) is 47.8 Å². The standard InChI is InChI=1S/C11H18N2O6S.C10H8N2.C6H11NO2S.C5H11NO2S.C3H7NO3.C2H5NO2/c12-6(11(18)19)1-3-9(15)13-7(5-20)8(14)2-4-10(16)17;1-3-7-11-9(5-1)10-6-2-4-8-12-10;1-4(8)6(3-10)7-5(2)9;1-5(2,9)3(6)4(7)8;4-2(1-5)3(6)7;3-1-2(4)5/h6-7,20H,1-5,12H2,(H,13,15)(H,16,17)(H,18,19);1-8H;6,10H,3H2,1-2H3,(H,7,9);3,9H,6H2,1-2H3,(H,7,8);2,5H,1,4H2,(H,6,7);1,3H2,(H,4,5). The first-order valence-electron chi connectivity index (χ1n) is 18.2. The number of Topliss-reactive ketones (excluding diaryl/α,β-unsaturated/α-hetero) is 2. The number of aliphatic hydroxyl groups is 1. The van der Waals surface area contributed by atoms with Crippen molar-refractivity contribution in [2.24, 2.45) is 22.9 Å². The monoisotopic (exact) mass is 952 g/mol. The van der Waals surface area contributed by atoms with Crippen molar-refractivity contribution in [3.8, 4) is 11.4 Å². The molecule has 0 spiro atoms. The van der Waals surface area contributed by atoms with Gasteiger partial charge in [0.05, 0.1) is 43.0 Å². The molecule has 26 heteroatoms. The Morgan fingerprint density at radius 1 is 0.683 bits per heavy atom. The van der Waals surface area contributed by atoms with E-state index >= 15 is 0 Å². The van der Waals surface area contributed by atoms with Gasteiger partial charge in [-0.05, 0) is 51.5 Å². The molecule has 0 aliphatic heterocycles. The number of aliphatic hydroxyl groups excluding tert-OH is 1. The van der Waals surface area contributed by atoms with Gasteiger partial charge >= 0.3 is 29.8 Å². The zero-order chi connectivity index (χ0) is 49.9. The molecule has 0 saturated heterocycles. The second-order valence-corrected chi connectivity index (χ2v) is 14.7. The van der Waals surface area contributed by atoms with Gasteiger partial charge in [0.1, 0.15) is 18.1 Å². The number of nitrogens with one attached hydrogen (secondary N) is 2. The number of aliphatic carboxylic acids is 5. The number of carboxylic acid groups (broad SMARTS) is 5. The number of rotatable bonds is 19. The van der Waals surface area contributed by atoms with Crippen LogP contribution in [0.1, 0.15) is 53.4 Å². The Morgan fingerprint density at radius 2 is 1.13 bits per heavy atom. The minimum Gasteiger partial charge on any atom is -0.481 e. The highest BCUT2D eigenvalue weighted by atomic mass is 32.1. The molecule has 5 unspecified atom stereocenters. The highest BCUT2D eigenvalue weighted by Crippen LogP contribution is 2.15. The van der Waals surface area contributed by atoms with E-state index < -0.39 is 83.1 Å². The summed E-state index contributed by atoms with van der Waals surface area (Å²) in [6, 6.07) is 7.11. The molecule has 0 radical (unpaired) electrons. The van der Waals surface area contributed by atoms with Crippen LogP contribution in [-0.4, -0.2) is 153 Å². The van der Waals surface area contributed by atoms with Crippen LogP contribution < -0.4 is 33.6 Å². The maximum absolute atomic E-state index is 11.6. The van der Waals surface area contributed by atoms with Crippen molar-refractivity contribution >= 4 is 91.1 Å². The van der Waals surface area contributed by atoms with Gasteiger partial charge in [-0.25, -0.2) is 0 Å². The minimum absolute atomic E-state index is 0.0369. The first kappa shape index (κ1) is 64.4. The number of carbonyl (C=O) groups is 9. The Balaban J connectivity index is -0.000000351. The average Bonchev–Trinajstić information content (AvgIpc) is 3.23. The van der Waals surface area contributed by atoms with Crippen molar-refractivity contribution in [3.05, 3.63) is 48.8 Å². The van der Waals surface area contributed by atoms with Gasteiger partial charge in [-0.3, -0.25) is 53.1 Å². The van der Waals surface area contributed by atoms with Crippen LogP contribution in [0.4, 0.5) is 0 Å². The third-order valence-electron chi connectivity index (χ3n) is 6.85. The number of nitrogens with zero attached hydrogens (tertiary/aromatic N) is 2. The zero-order valence-electron chi connectivity index (χ0n) is 35.1. The lowest BCUT2D eigenvalue weighted by molar-refractivity contribution is -0.140. The van der Waals surface area contributed by atoms with Crippen molar-refractivity contribution in [1.29, 1.82) is 0 Å². The van der Waals surface area contributed by atoms with E-state index in [2.05, 4.69) is 64.2 Å². The maximum Gasteiger partial charge on any atom is 0.322 e. The molecule has 2 rings (SSSR count). The Labute approximate surface area is 380 Å². The van der Waals surface area contributed by atoms with Gasteiger partial charge in [0.2, 0.25) is 11.8 Å². The number of hydrogen-bond donors (Lipinski definition) is 15. The van der Waals surface area contributed by atoms with Crippen LogP contribution in [-0.2, 0) is 43.2 Å². The molecule has 0 aromatic carbocycles. The first-order chi connectivity index (χ1) is 29.1. The molecule has 2 aromatic rings. The van der Waals surface area contributed by atoms with Crippen molar-refractivity contribution in [2.75, 3.05) is 24.7 Å². The Bertz CT molecular complexity index is 1660. The van der Waals surface area contributed by atoms with Crippen LogP contribution in [0.5, 0.6) is 0 Å². The summed E-state index contributed by atoms with van der Waals surface area (Å²) in [6.07, 6.45) is 2.83. The molecule has 0 aliphatic carbocycles. The summed E-state index contributed by atoms with van der Waals surface area (Å²) in [5.74, 6) is -6.30. The van der Waals surface area contributed by atoms with Gasteiger partial charge in [0.25, 0.3) is 0 Å². The fourth-order valence-electron chi connectivity index (χ4n) is 3.24. The van der Waals surface area contributed by atoms with Gasteiger partial charge in [0.15, 0.2) is 11.6 Å². The van der Waals surface area contributed by atoms with Crippen LogP contribution in [0.3, 0.4) is 0 Å². The average molecular weight is 953 g/mol. The summed E-state index contributed by atoms with van der Waals surface area (Å²) < 4.78 is -0.647. The van der Waals surface area contributed by atoms with Crippen LogP contribution in [0.15, 0.2) is 48.8 Å². The van der Waals surface area contributed by atoms with Crippen LogP contribution >= 0.6 is 37.9 Å². The lowest BCUT2D eigenvalue weighted by atomic mass is 10.1. The van der Waals surface area contributed by atoms with Crippen molar-refractivity contribution in [3.63, 3.8) is 0 Å². The number of amides is 2. The maximum atomic E-state index is 11.6. The molecule has 0 saturated carbocycles. The SMILES string of the molecule is CC(=O)NC(CS)C(C)=O.CC(C)(S)C(N)C(=O)O.NC(CCC(=O)NC(CS)C(=O)CCC(=O)O)C(=O)O.NC(CO)C(=O)O.NCC(=O)O.c1ccc(-c2ccccn2)nc1. The van der Waals surface area contributed by atoms with Gasteiger partial charge in [-0.1, -0.05) is 12.1 Å². The molecule has 356 valence electrons. The van der Waals surface area contributed by atoms with E-state index in [1.807, 2.05) is 36.4 Å². The number of carbonyl (C=O) groups excluding carboxylic acids is 4. The quantitative estimate of drug-likeness (QED) is 0.0728. The van der Waals surface area contributed by atoms with Gasteiger partial charge in [-0.15, -0.1) is 0 Å². The highest BCUT2D eigenvalue weighted by molar-refractivity contribution is 7.81. The van der Waals surface area contributed by atoms with Gasteiger partial charge in [-0.2, -0.15) is 37.9 Å². The van der Waals surface area contributed by atoms with E-state index in [1.165, 1.54) is 13.8 Å². The lowest BCUT2D eigenvalue weighted by Gasteiger charge is -2.21. The van der Waals surface area contributed by atoms with E-state index in [0.717, 1.165) is 11.4 Å². The van der Waals surface area contributed by atoms with Crippen molar-refractivity contribution in [2.45, 2.75) is 88.3 Å². The Kier molecular flexibility index (Phi) is 38.2. The summed E-state index contributed by atoms with van der Waals surface area (Å²) in [5.41, 5.74) is 21.6. The first-order valence-corrected chi connectivity index (χ1v) is 19.9. The molecule has 0 aliphatic rings. The molecular weight excluding hydrogens is 893 g/mol. The second kappa shape index (κ2) is 37.3. The van der Waals surface area contributed by atoms with E-state index in [9.17, 15) is 43.2 Å². The fraction of sp³-hybridized carbons (Fsp3) is 0.486. The summed E-state index contributed by atoms with van der Waals surface area (Å²) in [7, 11) is 0. The van der Waals surface area contributed by atoms with Crippen LogP contribution in [0, 0.1) is 0 Å². The number of carboxylic acids is 5. The minimum atomic E-state index is -1.21. The summed E-state index contributed by atoms with van der Waals surface area (Å²) in [6.45, 7) is 5.34. The molecule has 2 amide bonds. The Morgan fingerprint density at radius 3 is 1.35 bits per heavy atom. The molecular formula is C37H60N8O15S3. The number of pyridine rings is 2. The predicted molar refractivity (Wildman–Crippen MR) is 240 cm³/mol. The molecule has 63 heavy (non-hydrogen) atoms. The second-order valence-electron chi connectivity index (χ2n) is 12.8. The third kappa shape index (κ3) is 38.2. The summed E-state index contributed by atoms with van der Waals surface area (Å²) >= 11 is 11.8. The molecule has 0 fully saturated rings. The number of thiol groups is 3. The molecule has 0 bridgehead atoms. The largest absolute Gasteiger partial charge is 0.481 e. The van der Waals surface area contributed by atoms with Crippen molar-refractivity contribution < 1.29 is 73.8 Å². The summed E-state index contributed by atoms with van der Waals surface area (Å²) in [4.78, 5) is 102. The van der Waals surface area contributed by atoms with Crippen LogP contribution in [0.25, 0.3) is 11.4 Å². The van der Waals surface area contributed by atoms with Gasteiger partial charge < -0.3 is 64.2 Å². The summed E-state index contributed by atoms with van der Waals surface area (Å²) in [5, 5.41) is 53.7. The number of ketones is 2. The van der Waals surface area contributed by atoms with E-state index in [0.29, 0.717) is 5.75 Å². The third-order valence-corrected chi connectivity index (χ3v) is 7.86. The highest BCUT2D eigenvalue weighted by Gasteiger charge is 2.27. The lowest BCUT2D eigenvalue weighted by Crippen LogP contribution is -2.45. The van der Waals surface area contributed by atoms with Gasteiger partial charge in [0, 0.05) is 48.4 Å². The topological polar surface area (TPSA) is 429 Å². The molecule has 16 N–H and O–H groups in total. The number of aromatic nitrogens is 2. The van der Waals surface area contributed by atoms with E-state index in [1.54, 1.807) is 26.2 Å². The molecule has 2 heterocycles. The number of hydrogen-bond acceptors (Lipinski definition) is 19. The predicted octanol–water partition coefficient (Wildman–Crippen LogP) is -1.29. The van der Waals surface area contributed by atoms with Crippen LogP contribution in [0.2, 0.25) is 0 Å². The fourth-order valence-corrected chi connectivity index (χ4v) is 3.99. The zero-order valence-corrected chi connectivity index (χ0v) is 37.7. The normalized spacial score (nSPS) is 12.3. The van der Waals surface area contributed by atoms with Crippen molar-refractivity contribution in [1.82, 2.24) is 20.6 Å². The molecule has 23 nitrogen and oxygen atoms in total. The van der Waals surface area contributed by atoms with E-state index in [-0.39, 0.29) is 49.7 Å². The molecule has 2 aromatic heterocycles. The number of nitrogens with two attached hydrogens (primary N) is 4.